The van der Waals surface area contributed by atoms with Crippen LogP contribution in [0.1, 0.15) is 36.8 Å². The molecule has 0 unspecified atom stereocenters. The predicted molar refractivity (Wildman–Crippen MR) is 78.8 cm³/mol. The smallest absolute Gasteiger partial charge is 0.162 e. The van der Waals surface area contributed by atoms with E-state index in [0.29, 0.717) is 22.0 Å². The molecule has 0 aliphatic heterocycles. The van der Waals surface area contributed by atoms with E-state index in [1.165, 1.54) is 18.4 Å². The summed E-state index contributed by atoms with van der Waals surface area (Å²) < 4.78 is 0. The molecule has 4 heteroatoms. The van der Waals surface area contributed by atoms with Crippen LogP contribution in [0.4, 0.5) is 0 Å². The highest BCUT2D eigenvalue weighted by Gasteiger charge is 2.27. The Bertz CT molecular complexity index is 598. The summed E-state index contributed by atoms with van der Waals surface area (Å²) >= 11 is 12.4. The van der Waals surface area contributed by atoms with Crippen molar-refractivity contribution in [2.75, 3.05) is 0 Å². The Kier molecular flexibility index (Phi) is 3.46. The average Bonchev–Trinajstić information content (AvgIpc) is 3.22. The van der Waals surface area contributed by atoms with Crippen LogP contribution in [0.5, 0.6) is 0 Å². The lowest BCUT2D eigenvalue weighted by Gasteiger charge is -2.10. The molecule has 0 amide bonds. The Labute approximate surface area is 122 Å². The van der Waals surface area contributed by atoms with Crippen LogP contribution in [0.3, 0.4) is 0 Å². The molecule has 1 heterocycles. The van der Waals surface area contributed by atoms with Crippen LogP contribution in [0.15, 0.2) is 24.3 Å². The number of hydrogen-bond acceptors (Lipinski definition) is 2. The van der Waals surface area contributed by atoms with Gasteiger partial charge in [-0.2, -0.15) is 0 Å². The summed E-state index contributed by atoms with van der Waals surface area (Å²) in [5.74, 6) is 1.28. The fourth-order valence-corrected chi connectivity index (χ4v) is 2.95. The maximum atomic E-state index is 6.20. The van der Waals surface area contributed by atoms with Crippen molar-refractivity contribution in [2.45, 2.75) is 32.1 Å². The zero-order chi connectivity index (χ0) is 13.4. The highest BCUT2D eigenvalue weighted by molar-refractivity contribution is 6.34. The highest BCUT2D eigenvalue weighted by atomic mass is 35.5. The first-order valence-corrected chi connectivity index (χ1v) is 7.27. The molecule has 1 aromatic heterocycles. The van der Waals surface area contributed by atoms with E-state index in [1.807, 2.05) is 19.1 Å². The zero-order valence-electron chi connectivity index (χ0n) is 10.7. The first-order valence-electron chi connectivity index (χ1n) is 6.52. The Balaban J connectivity index is 2.12. The number of halogens is 2. The normalized spacial score (nSPS) is 14.7. The maximum Gasteiger partial charge on any atom is 0.162 e. The van der Waals surface area contributed by atoms with Gasteiger partial charge in [0, 0.05) is 11.1 Å². The first kappa shape index (κ1) is 12.9. The summed E-state index contributed by atoms with van der Waals surface area (Å²) in [5, 5.41) is 0.922. The van der Waals surface area contributed by atoms with Crippen LogP contribution in [-0.4, -0.2) is 9.97 Å². The molecule has 1 fully saturated rings. The highest BCUT2D eigenvalue weighted by Crippen LogP contribution is 2.44. The van der Waals surface area contributed by atoms with E-state index >= 15 is 0 Å². The lowest BCUT2D eigenvalue weighted by atomic mass is 10.0. The van der Waals surface area contributed by atoms with Crippen LogP contribution >= 0.6 is 23.2 Å². The van der Waals surface area contributed by atoms with Crippen molar-refractivity contribution >= 4 is 23.2 Å². The Hall–Kier alpha value is -1.12. The molecule has 0 saturated heterocycles. The van der Waals surface area contributed by atoms with Crippen molar-refractivity contribution in [1.82, 2.24) is 9.97 Å². The van der Waals surface area contributed by atoms with Crippen LogP contribution in [0.25, 0.3) is 11.4 Å². The third-order valence-corrected chi connectivity index (χ3v) is 4.10. The van der Waals surface area contributed by atoms with Gasteiger partial charge in [-0.25, -0.2) is 9.97 Å². The minimum absolute atomic E-state index is 0.461. The Morgan fingerprint density at radius 2 is 1.74 bits per heavy atom. The van der Waals surface area contributed by atoms with Gasteiger partial charge >= 0.3 is 0 Å². The summed E-state index contributed by atoms with van der Waals surface area (Å²) in [5.41, 5.74) is 3.17. The zero-order valence-corrected chi connectivity index (χ0v) is 12.2. The molecule has 19 heavy (non-hydrogen) atoms. The monoisotopic (exact) mass is 292 g/mol. The predicted octanol–water partition coefficient (Wildman–Crippen LogP) is 4.89. The molecule has 0 N–H and O–H groups in total. The summed E-state index contributed by atoms with van der Waals surface area (Å²) in [6, 6.07) is 8.24. The van der Waals surface area contributed by atoms with Gasteiger partial charge < -0.3 is 0 Å². The third-order valence-electron chi connectivity index (χ3n) is 3.48. The van der Waals surface area contributed by atoms with Crippen molar-refractivity contribution in [3.8, 4) is 11.4 Å². The van der Waals surface area contributed by atoms with Gasteiger partial charge in [0.05, 0.1) is 0 Å². The molecule has 3 rings (SSSR count). The Morgan fingerprint density at radius 1 is 1.11 bits per heavy atom. The molecule has 1 aliphatic carbocycles. The van der Waals surface area contributed by atoms with Gasteiger partial charge in [-0.15, -0.1) is 0 Å². The summed E-state index contributed by atoms with van der Waals surface area (Å²) in [6.07, 6.45) is 3.22. The minimum Gasteiger partial charge on any atom is -0.216 e. The van der Waals surface area contributed by atoms with Crippen LogP contribution in [0.2, 0.25) is 10.3 Å². The number of nitrogens with zero attached hydrogens (tertiary/aromatic N) is 2. The molecule has 2 aromatic rings. The second-order valence-corrected chi connectivity index (χ2v) is 5.54. The number of benzene rings is 1. The molecule has 0 atom stereocenters. The van der Waals surface area contributed by atoms with E-state index in [-0.39, 0.29) is 0 Å². The van der Waals surface area contributed by atoms with Gasteiger partial charge in [0.25, 0.3) is 0 Å². The van der Waals surface area contributed by atoms with Crippen molar-refractivity contribution in [3.63, 3.8) is 0 Å². The van der Waals surface area contributed by atoms with Crippen LogP contribution in [0, 0.1) is 0 Å². The second kappa shape index (κ2) is 5.10. The largest absolute Gasteiger partial charge is 0.216 e. The van der Waals surface area contributed by atoms with Crippen molar-refractivity contribution in [1.29, 1.82) is 0 Å². The maximum absolute atomic E-state index is 6.20. The lowest BCUT2D eigenvalue weighted by molar-refractivity contribution is 1.04. The second-order valence-electron chi connectivity index (χ2n) is 4.82. The van der Waals surface area contributed by atoms with Gasteiger partial charge in [0.2, 0.25) is 0 Å². The standard InChI is InChI=1S/C15H14Cl2N2/c1-2-10-13(16)18-15(19-14(10)17)12-6-4-3-5-11(12)9-7-8-9/h3-6,9H,2,7-8H2,1H3. The van der Waals surface area contributed by atoms with Crippen LogP contribution in [-0.2, 0) is 6.42 Å². The fraction of sp³-hybridized carbons (Fsp3) is 0.333. The van der Waals surface area contributed by atoms with E-state index in [9.17, 15) is 0 Å². The SMILES string of the molecule is CCc1c(Cl)nc(-c2ccccc2C2CC2)nc1Cl. The van der Waals surface area contributed by atoms with Crippen molar-refractivity contribution in [2.24, 2.45) is 0 Å². The molecule has 1 aliphatic rings. The fourth-order valence-electron chi connectivity index (χ4n) is 2.29. The third kappa shape index (κ3) is 2.47. The molecule has 1 aromatic carbocycles. The number of hydrogen-bond donors (Lipinski definition) is 0. The van der Waals surface area contributed by atoms with Crippen molar-refractivity contribution < 1.29 is 0 Å². The summed E-state index contributed by atoms with van der Waals surface area (Å²) in [6.45, 7) is 1.99. The molecular weight excluding hydrogens is 279 g/mol. The lowest BCUT2D eigenvalue weighted by Crippen LogP contribution is -1.98. The Morgan fingerprint density at radius 3 is 2.32 bits per heavy atom. The molecule has 2 nitrogen and oxygen atoms in total. The average molecular weight is 293 g/mol. The van der Waals surface area contributed by atoms with E-state index < -0.39 is 0 Å². The topological polar surface area (TPSA) is 25.8 Å². The molecular formula is C15H14Cl2N2. The summed E-state index contributed by atoms with van der Waals surface area (Å²) in [7, 11) is 0. The van der Waals surface area contributed by atoms with Gasteiger partial charge in [-0.3, -0.25) is 0 Å². The van der Waals surface area contributed by atoms with E-state index in [4.69, 9.17) is 23.2 Å². The summed E-state index contributed by atoms with van der Waals surface area (Å²) in [4.78, 5) is 8.83. The van der Waals surface area contributed by atoms with Gasteiger partial charge in [0.1, 0.15) is 10.3 Å². The first-order chi connectivity index (χ1) is 9.20. The molecule has 98 valence electrons. The number of aromatic nitrogens is 2. The quantitative estimate of drug-likeness (QED) is 0.753. The molecule has 0 spiro atoms. The minimum atomic E-state index is 0.461. The van der Waals surface area contributed by atoms with Gasteiger partial charge in [0.15, 0.2) is 5.82 Å². The number of rotatable bonds is 3. The van der Waals surface area contributed by atoms with Crippen LogP contribution < -0.4 is 0 Å². The van der Waals surface area contributed by atoms with E-state index in [0.717, 1.165) is 17.5 Å². The molecule has 0 radical (unpaired) electrons. The van der Waals surface area contributed by atoms with E-state index in [1.54, 1.807) is 0 Å². The van der Waals surface area contributed by atoms with E-state index in [2.05, 4.69) is 22.1 Å². The van der Waals surface area contributed by atoms with Gasteiger partial charge in [-0.1, -0.05) is 54.4 Å². The van der Waals surface area contributed by atoms with Crippen molar-refractivity contribution in [3.05, 3.63) is 45.7 Å². The molecule has 1 saturated carbocycles. The van der Waals surface area contributed by atoms with Gasteiger partial charge in [-0.05, 0) is 30.7 Å². The molecule has 0 bridgehead atoms.